The molecule has 0 spiro atoms. The highest BCUT2D eigenvalue weighted by Crippen LogP contribution is 2.11. The van der Waals surface area contributed by atoms with Crippen LogP contribution in [0.15, 0.2) is 55.2 Å². The maximum absolute atomic E-state index is 12.0. The van der Waals surface area contributed by atoms with Crippen molar-refractivity contribution in [3.8, 4) is 5.82 Å². The molecule has 6 heteroatoms. The number of hydrogen-bond donors (Lipinski definition) is 1. The maximum Gasteiger partial charge on any atom is 0.224 e. The second kappa shape index (κ2) is 6.83. The van der Waals surface area contributed by atoms with Gasteiger partial charge in [0.15, 0.2) is 0 Å². The third-order valence-electron chi connectivity index (χ3n) is 3.48. The molecule has 116 valence electrons. The van der Waals surface area contributed by atoms with Gasteiger partial charge in [-0.3, -0.25) is 9.36 Å². The molecule has 0 fully saturated rings. The third-order valence-corrected chi connectivity index (χ3v) is 3.48. The number of amides is 1. The van der Waals surface area contributed by atoms with Gasteiger partial charge in [-0.2, -0.15) is 0 Å². The molecular weight excluding hydrogens is 290 g/mol. The molecule has 0 aliphatic rings. The zero-order chi connectivity index (χ0) is 16.1. The molecule has 0 bridgehead atoms. The van der Waals surface area contributed by atoms with Gasteiger partial charge in [0.25, 0.3) is 0 Å². The molecule has 1 aromatic carbocycles. The minimum Gasteiger partial charge on any atom is -0.325 e. The zero-order valence-electron chi connectivity index (χ0n) is 12.8. The fourth-order valence-electron chi connectivity index (χ4n) is 2.17. The van der Waals surface area contributed by atoms with Crippen LogP contribution in [0, 0.1) is 6.92 Å². The van der Waals surface area contributed by atoms with Gasteiger partial charge in [-0.25, -0.2) is 4.98 Å². The van der Waals surface area contributed by atoms with E-state index in [9.17, 15) is 4.79 Å². The number of carbonyl (C=O) groups is 1. The van der Waals surface area contributed by atoms with Crippen molar-refractivity contribution in [1.82, 2.24) is 19.7 Å². The van der Waals surface area contributed by atoms with E-state index in [1.807, 2.05) is 13.0 Å². The number of rotatable bonds is 5. The monoisotopic (exact) mass is 307 g/mol. The van der Waals surface area contributed by atoms with Gasteiger partial charge < -0.3 is 5.32 Å². The molecule has 23 heavy (non-hydrogen) atoms. The Bertz CT molecular complexity index is 764. The van der Waals surface area contributed by atoms with Gasteiger partial charge in [-0.05, 0) is 31.0 Å². The van der Waals surface area contributed by atoms with E-state index in [0.29, 0.717) is 17.9 Å². The number of hydrogen-bond acceptors (Lipinski definition) is 4. The van der Waals surface area contributed by atoms with Gasteiger partial charge in [-0.15, -0.1) is 10.2 Å². The van der Waals surface area contributed by atoms with Crippen molar-refractivity contribution in [1.29, 1.82) is 0 Å². The first-order chi connectivity index (χ1) is 11.2. The molecule has 1 amide bonds. The van der Waals surface area contributed by atoms with Crippen molar-refractivity contribution in [2.24, 2.45) is 0 Å². The SMILES string of the molecule is Cc1ccc(CCC(=O)Nc2ccc(-n3cnnc3)nc2)cc1. The molecule has 0 saturated carbocycles. The van der Waals surface area contributed by atoms with E-state index in [4.69, 9.17) is 0 Å². The molecule has 3 rings (SSSR count). The number of aromatic nitrogens is 4. The van der Waals surface area contributed by atoms with Gasteiger partial charge in [0, 0.05) is 6.42 Å². The number of nitrogens with zero attached hydrogens (tertiary/aromatic N) is 4. The summed E-state index contributed by atoms with van der Waals surface area (Å²) < 4.78 is 1.70. The van der Waals surface area contributed by atoms with Crippen molar-refractivity contribution in [2.45, 2.75) is 19.8 Å². The Morgan fingerprint density at radius 1 is 1.09 bits per heavy atom. The van der Waals surface area contributed by atoms with Crippen molar-refractivity contribution >= 4 is 11.6 Å². The molecule has 2 aromatic heterocycles. The average Bonchev–Trinajstić information content (AvgIpc) is 3.09. The predicted molar refractivity (Wildman–Crippen MR) is 87.3 cm³/mol. The Hall–Kier alpha value is -3.02. The third kappa shape index (κ3) is 4.00. The van der Waals surface area contributed by atoms with E-state index in [0.717, 1.165) is 12.0 Å². The van der Waals surface area contributed by atoms with Gasteiger partial charge in [0.2, 0.25) is 5.91 Å². The first-order valence-corrected chi connectivity index (χ1v) is 7.37. The lowest BCUT2D eigenvalue weighted by atomic mass is 10.1. The van der Waals surface area contributed by atoms with Crippen molar-refractivity contribution < 1.29 is 4.79 Å². The van der Waals surface area contributed by atoms with Crippen LogP contribution in [0.3, 0.4) is 0 Å². The van der Waals surface area contributed by atoms with Crippen LogP contribution in [-0.4, -0.2) is 25.7 Å². The number of aryl methyl sites for hydroxylation is 2. The van der Waals surface area contributed by atoms with E-state index in [-0.39, 0.29) is 5.91 Å². The summed E-state index contributed by atoms with van der Waals surface area (Å²) in [6, 6.07) is 11.8. The first kappa shape index (κ1) is 14.9. The molecule has 2 heterocycles. The number of nitrogens with one attached hydrogen (secondary N) is 1. The average molecular weight is 307 g/mol. The fraction of sp³-hybridized carbons (Fsp3) is 0.176. The standard InChI is InChI=1S/C17H17N5O/c1-13-2-4-14(5-3-13)6-9-17(23)21-15-7-8-16(18-10-15)22-11-19-20-12-22/h2-5,7-8,10-12H,6,9H2,1H3,(H,21,23). The molecule has 0 unspecified atom stereocenters. The number of pyridine rings is 1. The highest BCUT2D eigenvalue weighted by Gasteiger charge is 2.04. The van der Waals surface area contributed by atoms with Crippen LogP contribution in [0.5, 0.6) is 0 Å². The summed E-state index contributed by atoms with van der Waals surface area (Å²) in [6.45, 7) is 2.05. The summed E-state index contributed by atoms with van der Waals surface area (Å²) in [4.78, 5) is 16.3. The Labute approximate surface area is 134 Å². The van der Waals surface area contributed by atoms with Crippen molar-refractivity contribution in [2.75, 3.05) is 5.32 Å². The van der Waals surface area contributed by atoms with Gasteiger partial charge >= 0.3 is 0 Å². The Morgan fingerprint density at radius 3 is 2.48 bits per heavy atom. The Morgan fingerprint density at radius 2 is 1.83 bits per heavy atom. The molecule has 0 aliphatic carbocycles. The van der Waals surface area contributed by atoms with Gasteiger partial charge in [0.1, 0.15) is 18.5 Å². The molecule has 0 aliphatic heterocycles. The second-order valence-corrected chi connectivity index (χ2v) is 5.31. The predicted octanol–water partition coefficient (Wildman–Crippen LogP) is 2.54. The van der Waals surface area contributed by atoms with Crippen LogP contribution >= 0.6 is 0 Å². The fourth-order valence-corrected chi connectivity index (χ4v) is 2.17. The van der Waals surface area contributed by atoms with Crippen LogP contribution in [0.4, 0.5) is 5.69 Å². The van der Waals surface area contributed by atoms with Crippen LogP contribution in [0.2, 0.25) is 0 Å². The number of anilines is 1. The molecule has 0 atom stereocenters. The molecule has 1 N–H and O–H groups in total. The Balaban J connectivity index is 1.54. The quantitative estimate of drug-likeness (QED) is 0.786. The number of benzene rings is 1. The summed E-state index contributed by atoms with van der Waals surface area (Å²) in [5.74, 6) is 0.678. The van der Waals surface area contributed by atoms with Crippen molar-refractivity contribution in [3.05, 3.63) is 66.4 Å². The minimum absolute atomic E-state index is 0.0237. The smallest absolute Gasteiger partial charge is 0.224 e. The van der Waals surface area contributed by atoms with E-state index in [2.05, 4.69) is 44.8 Å². The van der Waals surface area contributed by atoms with Gasteiger partial charge in [0.05, 0.1) is 11.9 Å². The van der Waals surface area contributed by atoms with E-state index in [1.54, 1.807) is 29.5 Å². The topological polar surface area (TPSA) is 72.7 Å². The summed E-state index contributed by atoms with van der Waals surface area (Å²) in [7, 11) is 0. The largest absolute Gasteiger partial charge is 0.325 e. The molecule has 0 radical (unpaired) electrons. The lowest BCUT2D eigenvalue weighted by Crippen LogP contribution is -2.12. The van der Waals surface area contributed by atoms with E-state index >= 15 is 0 Å². The Kier molecular flexibility index (Phi) is 4.42. The highest BCUT2D eigenvalue weighted by atomic mass is 16.1. The van der Waals surface area contributed by atoms with Crippen LogP contribution in [-0.2, 0) is 11.2 Å². The van der Waals surface area contributed by atoms with Crippen LogP contribution < -0.4 is 5.32 Å². The molecule has 3 aromatic rings. The van der Waals surface area contributed by atoms with Crippen LogP contribution in [0.25, 0.3) is 5.82 Å². The van der Waals surface area contributed by atoms with Crippen molar-refractivity contribution in [3.63, 3.8) is 0 Å². The molecular formula is C17H17N5O. The normalized spacial score (nSPS) is 10.5. The first-order valence-electron chi connectivity index (χ1n) is 7.37. The van der Waals surface area contributed by atoms with E-state index < -0.39 is 0 Å². The summed E-state index contributed by atoms with van der Waals surface area (Å²) in [5.41, 5.74) is 3.06. The maximum atomic E-state index is 12.0. The highest BCUT2D eigenvalue weighted by molar-refractivity contribution is 5.90. The summed E-state index contributed by atoms with van der Waals surface area (Å²) >= 11 is 0. The summed E-state index contributed by atoms with van der Waals surface area (Å²) in [5, 5.41) is 10.3. The van der Waals surface area contributed by atoms with Gasteiger partial charge in [-0.1, -0.05) is 29.8 Å². The zero-order valence-corrected chi connectivity index (χ0v) is 12.8. The van der Waals surface area contributed by atoms with E-state index in [1.165, 1.54) is 5.56 Å². The molecule has 0 saturated heterocycles. The lowest BCUT2D eigenvalue weighted by molar-refractivity contribution is -0.116. The second-order valence-electron chi connectivity index (χ2n) is 5.31. The summed E-state index contributed by atoms with van der Waals surface area (Å²) in [6.07, 6.45) is 5.93. The lowest BCUT2D eigenvalue weighted by Gasteiger charge is -2.06. The van der Waals surface area contributed by atoms with Crippen LogP contribution in [0.1, 0.15) is 17.5 Å². The molecule has 6 nitrogen and oxygen atoms in total. The minimum atomic E-state index is -0.0237. The number of carbonyl (C=O) groups excluding carboxylic acids is 1.